The van der Waals surface area contributed by atoms with E-state index >= 15 is 0 Å². The summed E-state index contributed by atoms with van der Waals surface area (Å²) in [6.07, 6.45) is -0.514. The Morgan fingerprint density at radius 3 is 2.06 bits per heavy atom. The van der Waals surface area contributed by atoms with E-state index in [1.165, 1.54) is 44.4 Å². The Morgan fingerprint density at radius 2 is 1.43 bits per heavy atom. The molecule has 0 aliphatic carbocycles. The molecule has 1 fully saturated rings. The van der Waals surface area contributed by atoms with Crippen molar-refractivity contribution in [1.82, 2.24) is 10.2 Å². The maximum atomic E-state index is 13.6. The number of amides is 2. The van der Waals surface area contributed by atoms with E-state index in [-0.39, 0.29) is 37.0 Å². The fourth-order valence-electron chi connectivity index (χ4n) is 5.55. The first-order valence-electron chi connectivity index (χ1n) is 17.1. The highest BCUT2D eigenvalue weighted by Gasteiger charge is 2.35. The number of carbonyl (C=O) groups is 4. The molecule has 2 atom stereocenters. The minimum absolute atomic E-state index is 0.00796. The van der Waals surface area contributed by atoms with E-state index in [1.807, 2.05) is 25.1 Å². The second kappa shape index (κ2) is 18.4. The van der Waals surface area contributed by atoms with Crippen LogP contribution >= 0.6 is 0 Å². The molecule has 0 spiro atoms. The van der Waals surface area contributed by atoms with Crippen molar-refractivity contribution in [2.75, 3.05) is 67.0 Å². The zero-order valence-electron chi connectivity index (χ0n) is 31.6. The maximum absolute atomic E-state index is 13.6. The molecule has 2 amide bonds. The zero-order chi connectivity index (χ0) is 38.7. The number of ether oxygens (including phenoxy) is 7. The number of likely N-dealkylation sites (tertiary alicyclic amines) is 1. The number of rotatable bonds is 14. The number of nitrogens with one attached hydrogen (secondary N) is 1. The van der Waals surface area contributed by atoms with Crippen molar-refractivity contribution in [2.45, 2.75) is 51.4 Å². The van der Waals surface area contributed by atoms with Crippen LogP contribution in [0.4, 0.5) is 10.5 Å². The van der Waals surface area contributed by atoms with Crippen LogP contribution in [0.2, 0.25) is 0 Å². The molecule has 0 radical (unpaired) electrons. The standard InChI is InChI=1S/C39H49N3O11/c1-39(2,3)53-38(46)42-19-9-10-32(30(22-42)40-36(44)27-15-17-33(51-24-48-7)34(20-27)49-8)52-37(45)26-13-11-25(12-14-26)35(43)29-21-28(41(4)5)16-18-31(29)50-23-47-6/h11-18,20-21,30,32H,9-10,19,22-24H2,1-8H3,(H,40,44)/t30-,32-/m1/s1. The molecule has 14 nitrogen and oxygen atoms in total. The predicted octanol–water partition coefficient (Wildman–Crippen LogP) is 5.31. The summed E-state index contributed by atoms with van der Waals surface area (Å²) in [4.78, 5) is 57.3. The average Bonchev–Trinajstić information content (AvgIpc) is 3.33. The monoisotopic (exact) mass is 735 g/mol. The van der Waals surface area contributed by atoms with E-state index in [4.69, 9.17) is 33.2 Å². The number of hydrogen-bond donors (Lipinski definition) is 1. The molecule has 1 aliphatic rings. The summed E-state index contributed by atoms with van der Waals surface area (Å²) < 4.78 is 38.2. The summed E-state index contributed by atoms with van der Waals surface area (Å²) in [6, 6.07) is 15.3. The molecule has 286 valence electrons. The summed E-state index contributed by atoms with van der Waals surface area (Å²) in [5, 5.41) is 2.96. The Hall–Kier alpha value is -5.34. The van der Waals surface area contributed by atoms with Crippen molar-refractivity contribution in [1.29, 1.82) is 0 Å². The molecule has 4 rings (SSSR count). The summed E-state index contributed by atoms with van der Waals surface area (Å²) in [5.41, 5.74) is 1.21. The first kappa shape index (κ1) is 40.4. The van der Waals surface area contributed by atoms with Gasteiger partial charge in [0.1, 0.15) is 17.5 Å². The van der Waals surface area contributed by atoms with E-state index in [9.17, 15) is 19.2 Å². The second-order valence-electron chi connectivity index (χ2n) is 13.5. The lowest BCUT2D eigenvalue weighted by molar-refractivity contribution is 0.0127. The summed E-state index contributed by atoms with van der Waals surface area (Å²) in [6.45, 7) is 5.63. The molecule has 0 unspecified atom stereocenters. The van der Waals surface area contributed by atoms with Gasteiger partial charge < -0.3 is 48.3 Å². The normalized spacial score (nSPS) is 15.8. The smallest absolute Gasteiger partial charge is 0.410 e. The van der Waals surface area contributed by atoms with Crippen molar-refractivity contribution in [3.63, 3.8) is 0 Å². The predicted molar refractivity (Wildman–Crippen MR) is 196 cm³/mol. The Bertz CT molecular complexity index is 1740. The van der Waals surface area contributed by atoms with E-state index < -0.39 is 35.7 Å². The van der Waals surface area contributed by atoms with Gasteiger partial charge in [0, 0.05) is 58.2 Å². The van der Waals surface area contributed by atoms with E-state index in [2.05, 4.69) is 5.32 Å². The largest absolute Gasteiger partial charge is 0.493 e. The summed E-state index contributed by atoms with van der Waals surface area (Å²) >= 11 is 0. The van der Waals surface area contributed by atoms with Crippen LogP contribution in [0, 0.1) is 0 Å². The SMILES string of the molecule is COCOc1ccc(C(=O)N[C@@H]2CN(C(=O)OC(C)(C)C)CCC[C@H]2OC(=O)c2ccc(C(=O)c3cc(N(C)C)ccc3OCOC)cc2)cc1OC. The van der Waals surface area contributed by atoms with Crippen LogP contribution in [0.25, 0.3) is 0 Å². The Labute approximate surface area is 310 Å². The number of methoxy groups -OCH3 is 3. The molecular weight excluding hydrogens is 686 g/mol. The number of anilines is 1. The molecule has 3 aromatic carbocycles. The molecule has 0 aromatic heterocycles. The summed E-state index contributed by atoms with van der Waals surface area (Å²) in [7, 11) is 8.17. The van der Waals surface area contributed by atoms with Gasteiger partial charge >= 0.3 is 12.1 Å². The van der Waals surface area contributed by atoms with Gasteiger partial charge in [0.15, 0.2) is 30.9 Å². The lowest BCUT2D eigenvalue weighted by Crippen LogP contribution is -2.51. The van der Waals surface area contributed by atoms with E-state index in [1.54, 1.807) is 57.2 Å². The molecule has 0 saturated carbocycles. The molecule has 1 heterocycles. The number of carbonyl (C=O) groups excluding carboxylic acids is 4. The molecule has 3 aromatic rings. The Kier molecular flexibility index (Phi) is 14.1. The van der Waals surface area contributed by atoms with Crippen LogP contribution in [-0.4, -0.2) is 108 Å². The van der Waals surface area contributed by atoms with Gasteiger partial charge in [-0.25, -0.2) is 9.59 Å². The first-order valence-corrected chi connectivity index (χ1v) is 17.1. The highest BCUT2D eigenvalue weighted by molar-refractivity contribution is 6.11. The van der Waals surface area contributed by atoms with Crippen molar-refractivity contribution in [3.8, 4) is 17.2 Å². The third-order valence-corrected chi connectivity index (χ3v) is 8.21. The second-order valence-corrected chi connectivity index (χ2v) is 13.5. The Balaban J connectivity index is 1.56. The lowest BCUT2D eigenvalue weighted by Gasteiger charge is -2.30. The van der Waals surface area contributed by atoms with Gasteiger partial charge in [-0.2, -0.15) is 0 Å². The van der Waals surface area contributed by atoms with Gasteiger partial charge in [0.25, 0.3) is 5.91 Å². The molecule has 1 N–H and O–H groups in total. The zero-order valence-corrected chi connectivity index (χ0v) is 31.6. The van der Waals surface area contributed by atoms with Crippen molar-refractivity contribution in [3.05, 3.63) is 82.9 Å². The highest BCUT2D eigenvalue weighted by Crippen LogP contribution is 2.30. The number of esters is 1. The minimum Gasteiger partial charge on any atom is -0.493 e. The molecule has 1 saturated heterocycles. The molecule has 14 heteroatoms. The quantitative estimate of drug-likeness (QED) is 0.130. The van der Waals surface area contributed by atoms with Crippen LogP contribution in [-0.2, 0) is 18.9 Å². The van der Waals surface area contributed by atoms with E-state index in [0.717, 1.165) is 5.69 Å². The average molecular weight is 736 g/mol. The van der Waals surface area contributed by atoms with Crippen LogP contribution in [0.15, 0.2) is 60.7 Å². The van der Waals surface area contributed by atoms with Crippen LogP contribution in [0.5, 0.6) is 17.2 Å². The first-order chi connectivity index (χ1) is 25.2. The number of hydrogen-bond acceptors (Lipinski definition) is 12. The van der Waals surface area contributed by atoms with Crippen molar-refractivity contribution < 1.29 is 52.3 Å². The molecule has 0 bridgehead atoms. The van der Waals surface area contributed by atoms with Gasteiger partial charge in [0.05, 0.1) is 24.3 Å². The molecular formula is C39H49N3O11. The van der Waals surface area contributed by atoms with Crippen molar-refractivity contribution in [2.24, 2.45) is 0 Å². The van der Waals surface area contributed by atoms with Gasteiger partial charge in [-0.3, -0.25) is 9.59 Å². The number of benzene rings is 3. The van der Waals surface area contributed by atoms with Gasteiger partial charge in [-0.15, -0.1) is 0 Å². The number of nitrogens with zero attached hydrogens (tertiary/aromatic N) is 2. The fraction of sp³-hybridized carbons (Fsp3) is 0.436. The van der Waals surface area contributed by atoms with Crippen LogP contribution in [0.1, 0.15) is 70.3 Å². The minimum atomic E-state index is -0.805. The van der Waals surface area contributed by atoms with Crippen LogP contribution < -0.4 is 24.4 Å². The van der Waals surface area contributed by atoms with Gasteiger partial charge in [-0.05, 0) is 82.1 Å². The fourth-order valence-corrected chi connectivity index (χ4v) is 5.55. The number of ketones is 1. The third kappa shape index (κ3) is 11.1. The van der Waals surface area contributed by atoms with Gasteiger partial charge in [0.2, 0.25) is 0 Å². The van der Waals surface area contributed by atoms with Crippen LogP contribution in [0.3, 0.4) is 0 Å². The summed E-state index contributed by atoms with van der Waals surface area (Å²) in [5.74, 6) is -0.365. The lowest BCUT2D eigenvalue weighted by atomic mass is 10.0. The molecule has 1 aliphatic heterocycles. The molecule has 53 heavy (non-hydrogen) atoms. The highest BCUT2D eigenvalue weighted by atomic mass is 16.7. The van der Waals surface area contributed by atoms with E-state index in [0.29, 0.717) is 47.8 Å². The Morgan fingerprint density at radius 1 is 0.811 bits per heavy atom. The maximum Gasteiger partial charge on any atom is 0.410 e. The topological polar surface area (TPSA) is 151 Å². The third-order valence-electron chi connectivity index (χ3n) is 8.21. The van der Waals surface area contributed by atoms with Crippen molar-refractivity contribution >= 4 is 29.4 Å². The van der Waals surface area contributed by atoms with Gasteiger partial charge in [-0.1, -0.05) is 12.1 Å².